The van der Waals surface area contributed by atoms with E-state index in [9.17, 15) is 4.39 Å². The lowest BCUT2D eigenvalue weighted by molar-refractivity contribution is 0.585. The molecule has 2 nitrogen and oxygen atoms in total. The van der Waals surface area contributed by atoms with Gasteiger partial charge in [0.05, 0.1) is 0 Å². The third-order valence-corrected chi connectivity index (χ3v) is 2.99. The minimum atomic E-state index is -0.134. The van der Waals surface area contributed by atoms with E-state index < -0.39 is 0 Å². The van der Waals surface area contributed by atoms with Gasteiger partial charge < -0.3 is 5.32 Å². The van der Waals surface area contributed by atoms with Crippen LogP contribution in [0.1, 0.15) is 30.0 Å². The van der Waals surface area contributed by atoms with Gasteiger partial charge in [0.1, 0.15) is 5.82 Å². The molecule has 0 amide bonds. The third kappa shape index (κ3) is 4.14. The predicted octanol–water partition coefficient (Wildman–Crippen LogP) is 3.31. The SMILES string of the molecule is CCCNCc1ccc(Cc2cccnc2)cc1F. The Morgan fingerprint density at radius 1 is 1.21 bits per heavy atom. The van der Waals surface area contributed by atoms with Crippen LogP contribution >= 0.6 is 0 Å². The lowest BCUT2D eigenvalue weighted by Gasteiger charge is -2.07. The van der Waals surface area contributed by atoms with Gasteiger partial charge >= 0.3 is 0 Å². The first-order chi connectivity index (χ1) is 9.29. The molecule has 2 aromatic rings. The zero-order chi connectivity index (χ0) is 13.5. The first kappa shape index (κ1) is 13.7. The van der Waals surface area contributed by atoms with Crippen LogP contribution in [0, 0.1) is 5.82 Å². The molecule has 3 heteroatoms. The second kappa shape index (κ2) is 7.00. The summed E-state index contributed by atoms with van der Waals surface area (Å²) in [6.07, 6.45) is 5.33. The van der Waals surface area contributed by atoms with Gasteiger partial charge in [-0.25, -0.2) is 4.39 Å². The molecule has 0 spiro atoms. The average molecular weight is 258 g/mol. The topological polar surface area (TPSA) is 24.9 Å². The fraction of sp³-hybridized carbons (Fsp3) is 0.312. The van der Waals surface area contributed by atoms with Crippen LogP contribution < -0.4 is 5.32 Å². The van der Waals surface area contributed by atoms with Crippen LogP contribution in [0.15, 0.2) is 42.7 Å². The second-order valence-corrected chi connectivity index (χ2v) is 4.64. The summed E-state index contributed by atoms with van der Waals surface area (Å²) >= 11 is 0. The van der Waals surface area contributed by atoms with Crippen molar-refractivity contribution in [2.75, 3.05) is 6.54 Å². The Balaban J connectivity index is 2.02. The molecule has 0 radical (unpaired) electrons. The number of benzene rings is 1. The van der Waals surface area contributed by atoms with Crippen molar-refractivity contribution >= 4 is 0 Å². The number of hydrogen-bond donors (Lipinski definition) is 1. The fourth-order valence-electron chi connectivity index (χ4n) is 1.98. The molecule has 100 valence electrons. The van der Waals surface area contributed by atoms with Gasteiger partial charge in [-0.2, -0.15) is 0 Å². The van der Waals surface area contributed by atoms with Gasteiger partial charge in [0, 0.05) is 24.5 Å². The first-order valence-corrected chi connectivity index (χ1v) is 6.66. The molecule has 0 atom stereocenters. The highest BCUT2D eigenvalue weighted by Gasteiger charge is 2.04. The van der Waals surface area contributed by atoms with Crippen LogP contribution in [0.2, 0.25) is 0 Å². The van der Waals surface area contributed by atoms with Crippen molar-refractivity contribution in [2.45, 2.75) is 26.3 Å². The predicted molar refractivity (Wildman–Crippen MR) is 75.4 cm³/mol. The zero-order valence-electron chi connectivity index (χ0n) is 11.2. The second-order valence-electron chi connectivity index (χ2n) is 4.64. The summed E-state index contributed by atoms with van der Waals surface area (Å²) in [4.78, 5) is 4.07. The van der Waals surface area contributed by atoms with Crippen LogP contribution in [0.5, 0.6) is 0 Å². The van der Waals surface area contributed by atoms with Gasteiger partial charge in [-0.3, -0.25) is 4.98 Å². The van der Waals surface area contributed by atoms with E-state index >= 15 is 0 Å². The Morgan fingerprint density at radius 3 is 2.79 bits per heavy atom. The van der Waals surface area contributed by atoms with Crippen LogP contribution in [0.25, 0.3) is 0 Å². The quantitative estimate of drug-likeness (QED) is 0.804. The molecule has 1 heterocycles. The van der Waals surface area contributed by atoms with E-state index in [1.807, 2.05) is 30.5 Å². The first-order valence-electron chi connectivity index (χ1n) is 6.66. The summed E-state index contributed by atoms with van der Waals surface area (Å²) in [7, 11) is 0. The van der Waals surface area contributed by atoms with Crippen molar-refractivity contribution in [2.24, 2.45) is 0 Å². The molecule has 1 aromatic heterocycles. The van der Waals surface area contributed by atoms with Gasteiger partial charge in [-0.15, -0.1) is 0 Å². The van der Waals surface area contributed by atoms with E-state index in [0.717, 1.165) is 29.7 Å². The number of nitrogens with one attached hydrogen (secondary N) is 1. The van der Waals surface area contributed by atoms with Gasteiger partial charge in [0.15, 0.2) is 0 Å². The summed E-state index contributed by atoms with van der Waals surface area (Å²) in [5, 5.41) is 3.21. The molecule has 0 saturated heterocycles. The maximum atomic E-state index is 13.9. The van der Waals surface area contributed by atoms with Crippen molar-refractivity contribution in [1.82, 2.24) is 10.3 Å². The lowest BCUT2D eigenvalue weighted by atomic mass is 10.0. The number of hydrogen-bond acceptors (Lipinski definition) is 2. The highest BCUT2D eigenvalue weighted by molar-refractivity contribution is 5.28. The summed E-state index contributed by atoms with van der Waals surface area (Å²) < 4.78 is 13.9. The molecule has 19 heavy (non-hydrogen) atoms. The van der Waals surface area contributed by atoms with E-state index in [1.165, 1.54) is 0 Å². The van der Waals surface area contributed by atoms with E-state index in [-0.39, 0.29) is 5.82 Å². The minimum absolute atomic E-state index is 0.134. The van der Waals surface area contributed by atoms with Crippen LogP contribution in [-0.4, -0.2) is 11.5 Å². The van der Waals surface area contributed by atoms with Gasteiger partial charge in [-0.1, -0.05) is 25.1 Å². The summed E-state index contributed by atoms with van der Waals surface area (Å²) in [5.41, 5.74) is 2.80. The normalized spacial score (nSPS) is 10.6. The number of halogens is 1. The van der Waals surface area contributed by atoms with E-state index in [2.05, 4.69) is 17.2 Å². The van der Waals surface area contributed by atoms with Crippen molar-refractivity contribution in [1.29, 1.82) is 0 Å². The molecule has 0 aliphatic heterocycles. The molecule has 1 aromatic carbocycles. The summed E-state index contributed by atoms with van der Waals surface area (Å²) in [6, 6.07) is 9.37. The largest absolute Gasteiger partial charge is 0.313 e. The van der Waals surface area contributed by atoms with Crippen molar-refractivity contribution in [3.05, 3.63) is 65.2 Å². The summed E-state index contributed by atoms with van der Waals surface area (Å²) in [5.74, 6) is -0.134. The van der Waals surface area contributed by atoms with Crippen LogP contribution in [0.4, 0.5) is 4.39 Å². The van der Waals surface area contributed by atoms with Crippen molar-refractivity contribution in [3.63, 3.8) is 0 Å². The standard InChI is InChI=1S/C16H19FN2/c1-2-7-18-12-15-6-5-13(10-16(15)17)9-14-4-3-8-19-11-14/h3-6,8,10-11,18H,2,7,9,12H2,1H3. The minimum Gasteiger partial charge on any atom is -0.313 e. The highest BCUT2D eigenvalue weighted by Crippen LogP contribution is 2.14. The number of nitrogens with zero attached hydrogens (tertiary/aromatic N) is 1. The lowest BCUT2D eigenvalue weighted by Crippen LogP contribution is -2.14. The van der Waals surface area contributed by atoms with Crippen LogP contribution in [0.3, 0.4) is 0 Å². The Morgan fingerprint density at radius 2 is 2.11 bits per heavy atom. The molecule has 0 aliphatic carbocycles. The Hall–Kier alpha value is -1.74. The maximum absolute atomic E-state index is 13.9. The highest BCUT2D eigenvalue weighted by atomic mass is 19.1. The molecule has 0 bridgehead atoms. The zero-order valence-corrected chi connectivity index (χ0v) is 11.2. The molecule has 0 fully saturated rings. The Kier molecular flexibility index (Phi) is 5.04. The van der Waals surface area contributed by atoms with Gasteiger partial charge in [0.25, 0.3) is 0 Å². The van der Waals surface area contributed by atoms with Crippen LogP contribution in [-0.2, 0) is 13.0 Å². The van der Waals surface area contributed by atoms with Gasteiger partial charge in [0.2, 0.25) is 0 Å². The fourth-order valence-corrected chi connectivity index (χ4v) is 1.98. The molecule has 1 N–H and O–H groups in total. The van der Waals surface area contributed by atoms with E-state index in [1.54, 1.807) is 12.3 Å². The average Bonchev–Trinajstić information content (AvgIpc) is 2.43. The number of aromatic nitrogens is 1. The molecule has 0 unspecified atom stereocenters. The van der Waals surface area contributed by atoms with E-state index in [0.29, 0.717) is 13.0 Å². The summed E-state index contributed by atoms with van der Waals surface area (Å²) in [6.45, 7) is 3.60. The van der Waals surface area contributed by atoms with Gasteiger partial charge in [-0.05, 0) is 42.6 Å². The Bertz CT molecular complexity index is 511. The maximum Gasteiger partial charge on any atom is 0.127 e. The third-order valence-electron chi connectivity index (χ3n) is 2.99. The number of pyridine rings is 1. The van der Waals surface area contributed by atoms with Crippen molar-refractivity contribution < 1.29 is 4.39 Å². The Labute approximate surface area is 113 Å². The smallest absolute Gasteiger partial charge is 0.127 e. The monoisotopic (exact) mass is 258 g/mol. The number of rotatable bonds is 6. The molecule has 0 aliphatic rings. The van der Waals surface area contributed by atoms with Crippen molar-refractivity contribution in [3.8, 4) is 0 Å². The molecular weight excluding hydrogens is 239 g/mol. The molecular formula is C16H19FN2. The van der Waals surface area contributed by atoms with E-state index in [4.69, 9.17) is 0 Å². The molecule has 0 saturated carbocycles. The molecule has 2 rings (SSSR count).